The van der Waals surface area contributed by atoms with Crippen LogP contribution in [0, 0.1) is 11.3 Å². The van der Waals surface area contributed by atoms with E-state index in [-0.39, 0.29) is 24.1 Å². The topological polar surface area (TPSA) is 78.9 Å². The number of carboxylic acid groups (broad SMARTS) is 1. The molecule has 2 amide bonds. The fourth-order valence-corrected chi connectivity index (χ4v) is 3.98. The van der Waals surface area contributed by atoms with Gasteiger partial charge >= 0.3 is 12.0 Å². The summed E-state index contributed by atoms with van der Waals surface area (Å²) < 4.78 is 5.90. The second kappa shape index (κ2) is 6.24. The molecule has 0 radical (unpaired) electrons. The van der Waals surface area contributed by atoms with Crippen LogP contribution in [0.5, 0.6) is 5.75 Å². The van der Waals surface area contributed by atoms with Crippen molar-refractivity contribution in [2.75, 3.05) is 18.4 Å². The van der Waals surface area contributed by atoms with Gasteiger partial charge in [-0.25, -0.2) is 4.79 Å². The van der Waals surface area contributed by atoms with Gasteiger partial charge in [0.15, 0.2) is 0 Å². The summed E-state index contributed by atoms with van der Waals surface area (Å²) in [4.78, 5) is 26.1. The van der Waals surface area contributed by atoms with Gasteiger partial charge in [-0.1, -0.05) is 18.6 Å². The number of para-hydroxylation sites is 2. The van der Waals surface area contributed by atoms with E-state index in [1.165, 1.54) is 0 Å². The fraction of sp³-hybridized carbons (Fsp3) is 0.579. The Bertz CT molecular complexity index is 682. The van der Waals surface area contributed by atoms with E-state index in [9.17, 15) is 14.7 Å². The number of hydrogen-bond donors (Lipinski definition) is 2. The number of fused-ring (bicyclic) bond motifs is 1. The van der Waals surface area contributed by atoms with E-state index < -0.39 is 11.4 Å². The van der Waals surface area contributed by atoms with Gasteiger partial charge in [0.25, 0.3) is 0 Å². The number of rotatable bonds is 3. The summed E-state index contributed by atoms with van der Waals surface area (Å²) in [5.41, 5.74) is -0.540. The zero-order valence-electron chi connectivity index (χ0n) is 15.0. The molecule has 2 fully saturated rings. The lowest BCUT2D eigenvalue weighted by Gasteiger charge is -2.25. The van der Waals surface area contributed by atoms with Crippen LogP contribution in [0.4, 0.5) is 10.5 Å². The Labute approximate surface area is 148 Å². The van der Waals surface area contributed by atoms with Crippen molar-refractivity contribution in [3.63, 3.8) is 0 Å². The van der Waals surface area contributed by atoms with Crippen molar-refractivity contribution in [3.8, 4) is 5.75 Å². The molecule has 6 heteroatoms. The Hall–Kier alpha value is -2.24. The van der Waals surface area contributed by atoms with Crippen molar-refractivity contribution in [3.05, 3.63) is 24.3 Å². The molecule has 0 bridgehead atoms. The highest BCUT2D eigenvalue weighted by atomic mass is 16.5. The highest BCUT2D eigenvalue weighted by Crippen LogP contribution is 2.49. The molecular weight excluding hydrogens is 320 g/mol. The Morgan fingerprint density at radius 3 is 2.68 bits per heavy atom. The standard InChI is InChI=1S/C19H26N2O4/c1-18(2,3)25-15-9-5-4-8-14(15)20-17(24)21-11-13-7-6-10-19(13,12-21)16(22)23/h4-5,8-9,13H,6-7,10-12H2,1-3H3,(H,20,24)(H,22,23)/t13-,19+/m0/s1. The molecule has 136 valence electrons. The molecule has 0 aromatic heterocycles. The highest BCUT2D eigenvalue weighted by molar-refractivity contribution is 5.92. The van der Waals surface area contributed by atoms with E-state index in [0.717, 1.165) is 12.8 Å². The second-order valence-electron chi connectivity index (χ2n) is 8.07. The molecule has 1 aromatic carbocycles. The van der Waals surface area contributed by atoms with E-state index in [2.05, 4.69) is 5.32 Å². The van der Waals surface area contributed by atoms with Gasteiger partial charge in [-0.15, -0.1) is 0 Å². The van der Waals surface area contributed by atoms with Gasteiger partial charge in [0.2, 0.25) is 0 Å². The van der Waals surface area contributed by atoms with E-state index in [1.54, 1.807) is 11.0 Å². The maximum absolute atomic E-state index is 12.7. The van der Waals surface area contributed by atoms with Gasteiger partial charge in [0, 0.05) is 13.1 Å². The summed E-state index contributed by atoms with van der Waals surface area (Å²) in [5.74, 6) is -0.116. The van der Waals surface area contributed by atoms with Crippen LogP contribution < -0.4 is 10.1 Å². The van der Waals surface area contributed by atoms with Crippen LogP contribution in [-0.4, -0.2) is 40.7 Å². The maximum Gasteiger partial charge on any atom is 0.321 e. The minimum Gasteiger partial charge on any atom is -0.486 e. The van der Waals surface area contributed by atoms with Crippen molar-refractivity contribution >= 4 is 17.7 Å². The number of anilines is 1. The van der Waals surface area contributed by atoms with Crippen molar-refractivity contribution in [1.82, 2.24) is 4.90 Å². The van der Waals surface area contributed by atoms with Crippen LogP contribution in [0.1, 0.15) is 40.0 Å². The van der Waals surface area contributed by atoms with E-state index in [1.807, 2.05) is 39.0 Å². The summed E-state index contributed by atoms with van der Waals surface area (Å²) in [6.45, 7) is 6.62. The summed E-state index contributed by atoms with van der Waals surface area (Å²) in [6.07, 6.45) is 2.45. The van der Waals surface area contributed by atoms with Crippen LogP contribution in [0.15, 0.2) is 24.3 Å². The molecule has 2 N–H and O–H groups in total. The predicted octanol–water partition coefficient (Wildman–Crippen LogP) is 3.58. The molecule has 2 atom stereocenters. The normalized spacial score (nSPS) is 25.6. The largest absolute Gasteiger partial charge is 0.486 e. The molecule has 1 heterocycles. The van der Waals surface area contributed by atoms with Crippen LogP contribution in [0.25, 0.3) is 0 Å². The van der Waals surface area contributed by atoms with E-state index in [4.69, 9.17) is 4.74 Å². The smallest absolute Gasteiger partial charge is 0.321 e. The third-order valence-corrected chi connectivity index (χ3v) is 5.13. The number of likely N-dealkylation sites (tertiary alicyclic amines) is 1. The first-order valence-corrected chi connectivity index (χ1v) is 8.79. The lowest BCUT2D eigenvalue weighted by molar-refractivity contribution is -0.149. The number of benzene rings is 1. The van der Waals surface area contributed by atoms with Gasteiger partial charge in [-0.05, 0) is 51.7 Å². The SMILES string of the molecule is CC(C)(C)Oc1ccccc1NC(=O)N1C[C@@H]2CCC[C@@]2(C(=O)O)C1. The van der Waals surface area contributed by atoms with Gasteiger partial charge < -0.3 is 20.1 Å². The number of carboxylic acids is 1. The zero-order valence-corrected chi connectivity index (χ0v) is 15.0. The van der Waals surface area contributed by atoms with Gasteiger partial charge in [0.1, 0.15) is 11.4 Å². The maximum atomic E-state index is 12.7. The Kier molecular flexibility index (Phi) is 4.39. The number of aliphatic carboxylic acids is 1. The molecule has 25 heavy (non-hydrogen) atoms. The highest BCUT2D eigenvalue weighted by Gasteiger charge is 2.55. The summed E-state index contributed by atoms with van der Waals surface area (Å²) in [5, 5.41) is 12.5. The minimum atomic E-state index is -0.776. The quantitative estimate of drug-likeness (QED) is 0.877. The lowest BCUT2D eigenvalue weighted by atomic mass is 9.81. The molecule has 1 aliphatic heterocycles. The number of amides is 2. The summed E-state index contributed by atoms with van der Waals surface area (Å²) in [7, 11) is 0. The van der Waals surface area contributed by atoms with E-state index >= 15 is 0 Å². The lowest BCUT2D eigenvalue weighted by Crippen LogP contribution is -2.38. The van der Waals surface area contributed by atoms with Crippen LogP contribution >= 0.6 is 0 Å². The van der Waals surface area contributed by atoms with Crippen molar-refractivity contribution in [2.24, 2.45) is 11.3 Å². The third-order valence-electron chi connectivity index (χ3n) is 5.13. The van der Waals surface area contributed by atoms with E-state index in [0.29, 0.717) is 24.4 Å². The third kappa shape index (κ3) is 3.43. The predicted molar refractivity (Wildman–Crippen MR) is 94.8 cm³/mol. The number of ether oxygens (including phenoxy) is 1. The Morgan fingerprint density at radius 2 is 2.04 bits per heavy atom. The van der Waals surface area contributed by atoms with Crippen LogP contribution in [0.3, 0.4) is 0 Å². The number of hydrogen-bond acceptors (Lipinski definition) is 3. The van der Waals surface area contributed by atoms with Crippen molar-refractivity contribution < 1.29 is 19.4 Å². The molecule has 0 unspecified atom stereocenters. The zero-order chi connectivity index (χ0) is 18.2. The van der Waals surface area contributed by atoms with Gasteiger partial charge in [-0.3, -0.25) is 4.79 Å². The summed E-state index contributed by atoms with van der Waals surface area (Å²) >= 11 is 0. The van der Waals surface area contributed by atoms with Crippen LogP contribution in [-0.2, 0) is 4.79 Å². The second-order valence-corrected chi connectivity index (χ2v) is 8.07. The molecule has 0 spiro atoms. The number of nitrogens with one attached hydrogen (secondary N) is 1. The fourth-order valence-electron chi connectivity index (χ4n) is 3.98. The molecule has 1 aromatic rings. The van der Waals surface area contributed by atoms with Gasteiger partial charge in [-0.2, -0.15) is 0 Å². The Balaban J connectivity index is 1.73. The monoisotopic (exact) mass is 346 g/mol. The molecule has 1 saturated carbocycles. The van der Waals surface area contributed by atoms with Crippen molar-refractivity contribution in [2.45, 2.75) is 45.6 Å². The summed E-state index contributed by atoms with van der Waals surface area (Å²) in [6, 6.07) is 7.04. The molecule has 6 nitrogen and oxygen atoms in total. The first kappa shape index (κ1) is 17.6. The molecule has 3 rings (SSSR count). The van der Waals surface area contributed by atoms with Gasteiger partial charge in [0.05, 0.1) is 11.1 Å². The number of urea groups is 1. The molecule has 1 aliphatic carbocycles. The van der Waals surface area contributed by atoms with Crippen LogP contribution in [0.2, 0.25) is 0 Å². The first-order chi connectivity index (χ1) is 11.7. The molecule has 2 aliphatic rings. The number of nitrogens with zero attached hydrogens (tertiary/aromatic N) is 1. The number of carbonyl (C=O) groups excluding carboxylic acids is 1. The molecular formula is C19H26N2O4. The number of carbonyl (C=O) groups is 2. The average molecular weight is 346 g/mol. The minimum absolute atomic E-state index is 0.0526. The molecule has 1 saturated heterocycles. The average Bonchev–Trinajstić information content (AvgIpc) is 3.05. The first-order valence-electron chi connectivity index (χ1n) is 8.79. The Morgan fingerprint density at radius 1 is 1.32 bits per heavy atom. The van der Waals surface area contributed by atoms with Crippen molar-refractivity contribution in [1.29, 1.82) is 0 Å².